The third-order valence-electron chi connectivity index (χ3n) is 5.11. The number of pyridine rings is 2. The number of carbonyl (C=O) groups excluding carboxylic acids is 1. The van der Waals surface area contributed by atoms with E-state index < -0.39 is 23.5 Å². The molecule has 35 heavy (non-hydrogen) atoms. The van der Waals surface area contributed by atoms with Gasteiger partial charge in [0.05, 0.1) is 41.1 Å². The highest BCUT2D eigenvalue weighted by molar-refractivity contribution is 6.04. The molecule has 1 aromatic carbocycles. The normalized spacial score (nSPS) is 11.5. The number of anilines is 1. The summed E-state index contributed by atoms with van der Waals surface area (Å²) in [5.74, 6) is -0.812. The molecule has 0 bridgehead atoms. The largest absolute Gasteiger partial charge is 0.420 e. The lowest BCUT2D eigenvalue weighted by molar-refractivity contribution is -0.137. The maximum Gasteiger partial charge on any atom is 0.420 e. The average Bonchev–Trinajstić information content (AvgIpc) is 3.38. The minimum absolute atomic E-state index is 0.105. The number of alkyl halides is 3. The fourth-order valence-electron chi connectivity index (χ4n) is 3.44. The van der Waals surface area contributed by atoms with Gasteiger partial charge in [-0.2, -0.15) is 23.4 Å². The van der Waals surface area contributed by atoms with Crippen molar-refractivity contribution in [2.24, 2.45) is 0 Å². The summed E-state index contributed by atoms with van der Waals surface area (Å²) in [6, 6.07) is 10.2. The molecule has 0 unspecified atom stereocenters. The predicted molar refractivity (Wildman–Crippen MR) is 120 cm³/mol. The lowest BCUT2D eigenvalue weighted by Crippen LogP contribution is -2.18. The van der Waals surface area contributed by atoms with Crippen LogP contribution in [0.1, 0.15) is 21.6 Å². The Morgan fingerprint density at radius 2 is 1.74 bits per heavy atom. The number of benzene rings is 1. The van der Waals surface area contributed by atoms with Gasteiger partial charge in [-0.05, 0) is 25.1 Å². The van der Waals surface area contributed by atoms with Crippen molar-refractivity contribution >= 4 is 22.5 Å². The number of para-hydroxylation sites is 1. The van der Waals surface area contributed by atoms with Crippen LogP contribution in [0.3, 0.4) is 0 Å². The summed E-state index contributed by atoms with van der Waals surface area (Å²) in [5, 5.41) is 10.7. The first-order valence-electron chi connectivity index (χ1n) is 10.2. The van der Waals surface area contributed by atoms with Crippen LogP contribution in [0.25, 0.3) is 28.1 Å². The zero-order chi connectivity index (χ0) is 24.6. The van der Waals surface area contributed by atoms with E-state index >= 15 is 0 Å². The lowest BCUT2D eigenvalue weighted by Gasteiger charge is -2.14. The zero-order valence-electron chi connectivity index (χ0n) is 18.0. The Balaban J connectivity index is 1.42. The van der Waals surface area contributed by atoms with Crippen molar-refractivity contribution in [1.29, 1.82) is 0 Å². The van der Waals surface area contributed by atoms with Gasteiger partial charge in [0.1, 0.15) is 5.56 Å². The van der Waals surface area contributed by atoms with E-state index in [1.54, 1.807) is 13.1 Å². The van der Waals surface area contributed by atoms with Crippen LogP contribution in [0.4, 0.5) is 18.9 Å². The van der Waals surface area contributed by atoms with Crippen LogP contribution in [0.15, 0.2) is 67.4 Å². The van der Waals surface area contributed by atoms with Gasteiger partial charge < -0.3 is 5.32 Å². The number of nitrogens with zero attached hydrogens (tertiary/aromatic N) is 7. The van der Waals surface area contributed by atoms with Gasteiger partial charge in [-0.15, -0.1) is 4.80 Å². The first kappa shape index (κ1) is 22.1. The highest BCUT2D eigenvalue weighted by Gasteiger charge is 2.36. The molecule has 1 amide bonds. The minimum atomic E-state index is -4.74. The molecule has 174 valence electrons. The quantitative estimate of drug-likeness (QED) is 0.413. The van der Waals surface area contributed by atoms with Gasteiger partial charge in [-0.25, -0.2) is 15.0 Å². The van der Waals surface area contributed by atoms with E-state index in [1.807, 2.05) is 30.3 Å². The Hall–Kier alpha value is -4.74. The minimum Gasteiger partial charge on any atom is -0.320 e. The molecular formula is C23H15F3N8O. The van der Waals surface area contributed by atoms with Crippen molar-refractivity contribution in [2.45, 2.75) is 13.1 Å². The molecule has 0 aliphatic rings. The van der Waals surface area contributed by atoms with Crippen LogP contribution >= 0.6 is 0 Å². The molecule has 4 aromatic heterocycles. The van der Waals surface area contributed by atoms with Crippen LogP contribution in [-0.4, -0.2) is 40.8 Å². The lowest BCUT2D eigenvalue weighted by atomic mass is 10.1. The number of aryl methyl sites for hydroxylation is 1. The summed E-state index contributed by atoms with van der Waals surface area (Å²) >= 11 is 0. The second-order valence-electron chi connectivity index (χ2n) is 7.47. The molecule has 0 fully saturated rings. The molecule has 0 spiro atoms. The number of amides is 1. The van der Waals surface area contributed by atoms with Crippen molar-refractivity contribution in [3.05, 3.63) is 84.2 Å². The van der Waals surface area contributed by atoms with Gasteiger partial charge in [0.15, 0.2) is 11.6 Å². The second kappa shape index (κ2) is 8.56. The Bertz CT molecular complexity index is 1550. The Kier molecular flexibility index (Phi) is 5.40. The highest BCUT2D eigenvalue weighted by atomic mass is 19.4. The molecule has 1 N–H and O–H groups in total. The van der Waals surface area contributed by atoms with Crippen LogP contribution in [-0.2, 0) is 6.18 Å². The van der Waals surface area contributed by atoms with Gasteiger partial charge in [-0.3, -0.25) is 9.78 Å². The van der Waals surface area contributed by atoms with Crippen molar-refractivity contribution in [2.75, 3.05) is 5.32 Å². The molecule has 0 saturated heterocycles. The Morgan fingerprint density at radius 3 is 2.49 bits per heavy atom. The van der Waals surface area contributed by atoms with E-state index in [4.69, 9.17) is 0 Å². The van der Waals surface area contributed by atoms with Gasteiger partial charge >= 0.3 is 6.18 Å². The zero-order valence-corrected chi connectivity index (χ0v) is 18.0. The van der Waals surface area contributed by atoms with Crippen LogP contribution in [0, 0.1) is 6.92 Å². The topological polar surface area (TPSA) is 111 Å². The number of hydrogen-bond donors (Lipinski definition) is 1. The fraction of sp³-hybridized carbons (Fsp3) is 0.0870. The molecule has 0 aliphatic heterocycles. The molecule has 0 atom stereocenters. The summed E-state index contributed by atoms with van der Waals surface area (Å²) in [5.41, 5.74) is 0.695. The van der Waals surface area contributed by atoms with E-state index in [0.717, 1.165) is 28.0 Å². The smallest absolute Gasteiger partial charge is 0.320 e. The molecule has 0 radical (unpaired) electrons. The molecule has 4 heterocycles. The molecule has 9 nitrogen and oxygen atoms in total. The molecule has 0 saturated carbocycles. The summed E-state index contributed by atoms with van der Waals surface area (Å²) in [4.78, 5) is 30.4. The van der Waals surface area contributed by atoms with Gasteiger partial charge in [-0.1, -0.05) is 18.2 Å². The molecule has 5 aromatic rings. The maximum atomic E-state index is 13.6. The predicted octanol–water partition coefficient (Wildman–Crippen LogP) is 4.25. The summed E-state index contributed by atoms with van der Waals surface area (Å²) < 4.78 is 40.8. The number of nitrogens with one attached hydrogen (secondary N) is 1. The van der Waals surface area contributed by atoms with E-state index in [-0.39, 0.29) is 11.3 Å². The third-order valence-corrected chi connectivity index (χ3v) is 5.11. The summed E-state index contributed by atoms with van der Waals surface area (Å²) in [6.45, 7) is 1.61. The summed E-state index contributed by atoms with van der Waals surface area (Å²) in [6.07, 6.45) is 1.78. The van der Waals surface area contributed by atoms with Crippen LogP contribution in [0.2, 0.25) is 0 Å². The van der Waals surface area contributed by atoms with Gasteiger partial charge in [0.25, 0.3) is 5.91 Å². The highest BCUT2D eigenvalue weighted by Crippen LogP contribution is 2.34. The number of hydrogen-bond acceptors (Lipinski definition) is 7. The van der Waals surface area contributed by atoms with Crippen molar-refractivity contribution in [3.8, 4) is 17.2 Å². The first-order valence-corrected chi connectivity index (χ1v) is 10.2. The number of rotatable bonds is 4. The standard InChI is InChI=1S/C23H15F3N8O/c1-13-17(12-28-20(32-13)15-8-14-4-2-3-5-19(14)27-10-15)22(35)33-16-9-18(23(24,25)26)21(29-11-16)34-30-6-7-31-34/h2-12H,1H3,(H,33,35). The number of fused-ring (bicyclic) bond motifs is 1. The molecule has 0 aliphatic carbocycles. The number of aromatic nitrogens is 7. The number of carbonyl (C=O) groups is 1. The van der Waals surface area contributed by atoms with Gasteiger partial charge in [0, 0.05) is 23.3 Å². The summed E-state index contributed by atoms with van der Waals surface area (Å²) in [7, 11) is 0. The molecular weight excluding hydrogens is 461 g/mol. The first-order chi connectivity index (χ1) is 16.8. The molecule has 12 heteroatoms. The van der Waals surface area contributed by atoms with Crippen molar-refractivity contribution in [3.63, 3.8) is 0 Å². The third kappa shape index (κ3) is 4.40. The van der Waals surface area contributed by atoms with Crippen LogP contribution < -0.4 is 5.32 Å². The Labute approximate surface area is 195 Å². The van der Waals surface area contributed by atoms with E-state index in [9.17, 15) is 18.0 Å². The van der Waals surface area contributed by atoms with E-state index in [2.05, 4.69) is 35.5 Å². The fourth-order valence-corrected chi connectivity index (χ4v) is 3.44. The van der Waals surface area contributed by atoms with E-state index in [0.29, 0.717) is 17.1 Å². The second-order valence-corrected chi connectivity index (χ2v) is 7.47. The van der Waals surface area contributed by atoms with E-state index in [1.165, 1.54) is 18.6 Å². The van der Waals surface area contributed by atoms with Crippen LogP contribution in [0.5, 0.6) is 0 Å². The van der Waals surface area contributed by atoms with Gasteiger partial charge in [0.2, 0.25) is 0 Å². The average molecular weight is 476 g/mol. The van der Waals surface area contributed by atoms with Crippen molar-refractivity contribution in [1.82, 2.24) is 34.9 Å². The molecule has 5 rings (SSSR count). The Morgan fingerprint density at radius 1 is 0.971 bits per heavy atom. The SMILES string of the molecule is Cc1nc(-c2cnc3ccccc3c2)ncc1C(=O)Nc1cnc(-n2nccn2)c(C(F)(F)F)c1. The maximum absolute atomic E-state index is 13.6. The number of halogens is 3. The van der Waals surface area contributed by atoms with Crippen molar-refractivity contribution < 1.29 is 18.0 Å². The monoisotopic (exact) mass is 476 g/mol.